The van der Waals surface area contributed by atoms with Crippen LogP contribution in [0.4, 0.5) is 0 Å². The van der Waals surface area contributed by atoms with Gasteiger partial charge in [-0.25, -0.2) is 0 Å². The zero-order chi connectivity index (χ0) is 12.7. The minimum Gasteiger partial charge on any atom is -0.383 e. The predicted octanol–water partition coefficient (Wildman–Crippen LogP) is 1.31. The van der Waals surface area contributed by atoms with Crippen molar-refractivity contribution in [2.24, 2.45) is 5.92 Å². The molecular weight excluding hydrogens is 216 g/mol. The molecular formula is C13H26N2O2. The second-order valence-corrected chi connectivity index (χ2v) is 5.24. The molecule has 1 aliphatic rings. The van der Waals surface area contributed by atoms with Crippen molar-refractivity contribution in [2.75, 3.05) is 20.3 Å². The summed E-state index contributed by atoms with van der Waals surface area (Å²) in [5.41, 5.74) is 0. The first kappa shape index (κ1) is 14.5. The van der Waals surface area contributed by atoms with Gasteiger partial charge in [0.2, 0.25) is 5.91 Å². The predicted molar refractivity (Wildman–Crippen MR) is 68.9 cm³/mol. The molecule has 1 fully saturated rings. The van der Waals surface area contributed by atoms with Gasteiger partial charge in [-0.3, -0.25) is 4.79 Å². The van der Waals surface area contributed by atoms with Gasteiger partial charge in [-0.2, -0.15) is 0 Å². The normalized spacial score (nSPS) is 18.6. The summed E-state index contributed by atoms with van der Waals surface area (Å²) in [6.07, 6.45) is 4.99. The van der Waals surface area contributed by atoms with Crippen molar-refractivity contribution < 1.29 is 9.53 Å². The Kier molecular flexibility index (Phi) is 6.52. The van der Waals surface area contributed by atoms with E-state index in [1.807, 2.05) is 0 Å². The first-order valence-corrected chi connectivity index (χ1v) is 6.65. The third-order valence-corrected chi connectivity index (χ3v) is 3.40. The number of hydrogen-bond acceptors (Lipinski definition) is 3. The second-order valence-electron chi connectivity index (χ2n) is 5.24. The summed E-state index contributed by atoms with van der Waals surface area (Å²) in [4.78, 5) is 11.8. The van der Waals surface area contributed by atoms with Crippen molar-refractivity contribution in [3.63, 3.8) is 0 Å². The number of rotatable bonds is 7. The molecule has 0 saturated heterocycles. The third kappa shape index (κ3) is 5.50. The highest BCUT2D eigenvalue weighted by atomic mass is 16.5. The van der Waals surface area contributed by atoms with Gasteiger partial charge >= 0.3 is 0 Å². The highest BCUT2D eigenvalue weighted by molar-refractivity contribution is 5.78. The molecule has 1 atom stereocenters. The number of carbonyl (C=O) groups is 1. The van der Waals surface area contributed by atoms with Crippen LogP contribution in [0.2, 0.25) is 0 Å². The maximum atomic E-state index is 11.8. The largest absolute Gasteiger partial charge is 0.383 e. The molecule has 0 aromatic carbocycles. The number of amides is 1. The Bertz CT molecular complexity index is 225. The highest BCUT2D eigenvalue weighted by Gasteiger charge is 2.18. The Morgan fingerprint density at radius 3 is 2.53 bits per heavy atom. The fraction of sp³-hybridized carbons (Fsp3) is 0.923. The molecule has 0 heterocycles. The van der Waals surface area contributed by atoms with E-state index in [1.54, 1.807) is 7.11 Å². The van der Waals surface area contributed by atoms with E-state index in [1.165, 1.54) is 25.7 Å². The summed E-state index contributed by atoms with van der Waals surface area (Å²) < 4.78 is 5.11. The van der Waals surface area contributed by atoms with Gasteiger partial charge in [-0.05, 0) is 18.8 Å². The molecule has 0 aromatic rings. The van der Waals surface area contributed by atoms with Crippen LogP contribution >= 0.6 is 0 Å². The summed E-state index contributed by atoms with van der Waals surface area (Å²) in [5, 5.41) is 6.33. The molecule has 0 radical (unpaired) electrons. The maximum absolute atomic E-state index is 11.8. The van der Waals surface area contributed by atoms with Gasteiger partial charge in [0.25, 0.3) is 0 Å². The molecule has 1 saturated carbocycles. The lowest BCUT2D eigenvalue weighted by molar-refractivity contribution is -0.121. The van der Waals surface area contributed by atoms with E-state index < -0.39 is 0 Å². The SMILES string of the molecule is COCC(NC(=O)CNC1CCCC1)C(C)C. The molecule has 0 aromatic heterocycles. The summed E-state index contributed by atoms with van der Waals surface area (Å²) >= 11 is 0. The van der Waals surface area contributed by atoms with Crippen LogP contribution in [0, 0.1) is 5.92 Å². The number of hydrogen-bond donors (Lipinski definition) is 2. The van der Waals surface area contributed by atoms with Crippen LogP contribution in [-0.2, 0) is 9.53 Å². The van der Waals surface area contributed by atoms with Crippen molar-refractivity contribution in [3.05, 3.63) is 0 Å². The van der Waals surface area contributed by atoms with Crippen LogP contribution in [0.1, 0.15) is 39.5 Å². The van der Waals surface area contributed by atoms with E-state index in [9.17, 15) is 4.79 Å². The maximum Gasteiger partial charge on any atom is 0.234 e. The number of nitrogens with one attached hydrogen (secondary N) is 2. The van der Waals surface area contributed by atoms with E-state index in [2.05, 4.69) is 24.5 Å². The van der Waals surface area contributed by atoms with Crippen molar-refractivity contribution in [1.29, 1.82) is 0 Å². The molecule has 100 valence electrons. The van der Waals surface area contributed by atoms with Crippen molar-refractivity contribution in [1.82, 2.24) is 10.6 Å². The second kappa shape index (κ2) is 7.67. The lowest BCUT2D eigenvalue weighted by Gasteiger charge is -2.22. The minimum atomic E-state index is 0.0765. The molecule has 0 spiro atoms. The van der Waals surface area contributed by atoms with Crippen molar-refractivity contribution in [2.45, 2.75) is 51.6 Å². The summed E-state index contributed by atoms with van der Waals surface area (Å²) in [7, 11) is 1.66. The molecule has 4 heteroatoms. The average molecular weight is 242 g/mol. The van der Waals surface area contributed by atoms with E-state index in [4.69, 9.17) is 4.74 Å². The van der Waals surface area contributed by atoms with Crippen LogP contribution in [0.25, 0.3) is 0 Å². The van der Waals surface area contributed by atoms with Gasteiger partial charge in [0.1, 0.15) is 0 Å². The van der Waals surface area contributed by atoms with Crippen LogP contribution in [-0.4, -0.2) is 38.3 Å². The smallest absolute Gasteiger partial charge is 0.234 e. The molecule has 1 aliphatic carbocycles. The van der Waals surface area contributed by atoms with Gasteiger partial charge in [0.05, 0.1) is 19.2 Å². The molecule has 4 nitrogen and oxygen atoms in total. The van der Waals surface area contributed by atoms with Gasteiger partial charge < -0.3 is 15.4 Å². The Morgan fingerprint density at radius 1 is 1.35 bits per heavy atom. The van der Waals surface area contributed by atoms with Crippen molar-refractivity contribution >= 4 is 5.91 Å². The van der Waals surface area contributed by atoms with Crippen LogP contribution < -0.4 is 10.6 Å². The molecule has 17 heavy (non-hydrogen) atoms. The van der Waals surface area contributed by atoms with E-state index >= 15 is 0 Å². The topological polar surface area (TPSA) is 50.4 Å². The summed E-state index contributed by atoms with van der Waals surface area (Å²) in [5.74, 6) is 0.470. The van der Waals surface area contributed by atoms with Crippen LogP contribution in [0.5, 0.6) is 0 Å². The Hall–Kier alpha value is -0.610. The summed E-state index contributed by atoms with van der Waals surface area (Å²) in [6.45, 7) is 5.19. The molecule has 2 N–H and O–H groups in total. The number of methoxy groups -OCH3 is 1. The van der Waals surface area contributed by atoms with E-state index in [0.717, 1.165) is 0 Å². The zero-order valence-corrected chi connectivity index (χ0v) is 11.3. The highest BCUT2D eigenvalue weighted by Crippen LogP contribution is 2.17. The standard InChI is InChI=1S/C13H26N2O2/c1-10(2)12(9-17-3)15-13(16)8-14-11-6-4-5-7-11/h10-12,14H,4-9H2,1-3H3,(H,15,16). The average Bonchev–Trinajstić information content (AvgIpc) is 2.78. The molecule has 1 unspecified atom stereocenters. The van der Waals surface area contributed by atoms with Gasteiger partial charge in [-0.15, -0.1) is 0 Å². The number of ether oxygens (including phenoxy) is 1. The van der Waals surface area contributed by atoms with Gasteiger partial charge in [0.15, 0.2) is 0 Å². The Balaban J connectivity index is 2.21. The molecule has 0 bridgehead atoms. The lowest BCUT2D eigenvalue weighted by Crippen LogP contribution is -2.46. The molecule has 1 amide bonds. The zero-order valence-electron chi connectivity index (χ0n) is 11.3. The number of carbonyl (C=O) groups excluding carboxylic acids is 1. The first-order valence-electron chi connectivity index (χ1n) is 6.65. The summed E-state index contributed by atoms with van der Waals surface area (Å²) in [6, 6.07) is 0.651. The first-order chi connectivity index (χ1) is 8.13. The Morgan fingerprint density at radius 2 is 2.00 bits per heavy atom. The van der Waals surface area contributed by atoms with Crippen LogP contribution in [0.15, 0.2) is 0 Å². The van der Waals surface area contributed by atoms with Gasteiger partial charge in [0, 0.05) is 13.2 Å². The fourth-order valence-corrected chi connectivity index (χ4v) is 2.21. The fourth-order valence-electron chi connectivity index (χ4n) is 2.21. The molecule has 1 rings (SSSR count). The quantitative estimate of drug-likeness (QED) is 0.707. The van der Waals surface area contributed by atoms with Gasteiger partial charge in [-0.1, -0.05) is 26.7 Å². The minimum absolute atomic E-state index is 0.0765. The Labute approximate surface area is 104 Å². The van der Waals surface area contributed by atoms with E-state index in [0.29, 0.717) is 25.1 Å². The lowest BCUT2D eigenvalue weighted by atomic mass is 10.1. The monoisotopic (exact) mass is 242 g/mol. The third-order valence-electron chi connectivity index (χ3n) is 3.40. The molecule has 0 aliphatic heterocycles. The van der Waals surface area contributed by atoms with Crippen molar-refractivity contribution in [3.8, 4) is 0 Å². The van der Waals surface area contributed by atoms with Crippen LogP contribution in [0.3, 0.4) is 0 Å². The van der Waals surface area contributed by atoms with E-state index in [-0.39, 0.29) is 11.9 Å².